The number of nitrogens with one attached hydrogen (secondary N) is 2. The molecular formula is C24H30F2N6O3. The molecule has 2 aliphatic heterocycles. The van der Waals surface area contributed by atoms with Crippen molar-refractivity contribution in [3.63, 3.8) is 0 Å². The summed E-state index contributed by atoms with van der Waals surface area (Å²) < 4.78 is 33.7. The first-order valence-corrected chi connectivity index (χ1v) is 12.0. The lowest BCUT2D eigenvalue weighted by atomic mass is 9.87. The Morgan fingerprint density at radius 3 is 2.80 bits per heavy atom. The molecule has 3 atom stereocenters. The van der Waals surface area contributed by atoms with Gasteiger partial charge in [-0.15, -0.1) is 0 Å². The van der Waals surface area contributed by atoms with Gasteiger partial charge in [0.25, 0.3) is 5.91 Å². The van der Waals surface area contributed by atoms with Crippen LogP contribution in [-0.2, 0) is 4.79 Å². The number of amides is 2. The van der Waals surface area contributed by atoms with Crippen LogP contribution in [0.3, 0.4) is 0 Å². The number of ether oxygens (including phenoxy) is 1. The molecule has 3 aliphatic rings. The summed E-state index contributed by atoms with van der Waals surface area (Å²) in [6.45, 7) is 1.61. The molecule has 0 radical (unpaired) electrons. The van der Waals surface area contributed by atoms with Crippen molar-refractivity contribution in [2.75, 3.05) is 33.8 Å². The third-order valence-corrected chi connectivity index (χ3v) is 7.53. The standard InChI is InChI=1S/C24H30F2N6O3/c1-31-7-4-16(25)20(13-31)28-22(33)14-3-8-32(24(11-14)5-6-24)23(34)19-10-18(29-30-19)15-9-21(35-2)27-12-17(15)26/h9-10,12,14,16,20H,3-8,11,13H2,1-2H3,(H,28,33)(H,29,30)/t14-,16-,20+/m0/s1. The number of nitrogens with zero attached hydrogens (tertiary/aromatic N) is 4. The van der Waals surface area contributed by atoms with Crippen molar-refractivity contribution in [3.8, 4) is 17.1 Å². The molecule has 0 bridgehead atoms. The van der Waals surface area contributed by atoms with Gasteiger partial charge in [0.1, 0.15) is 6.17 Å². The molecule has 0 aromatic carbocycles. The topological polar surface area (TPSA) is 103 Å². The van der Waals surface area contributed by atoms with Crippen LogP contribution in [0.25, 0.3) is 11.3 Å². The molecule has 4 heterocycles. The zero-order valence-electron chi connectivity index (χ0n) is 19.9. The number of likely N-dealkylation sites (N-methyl/N-ethyl adjacent to an activating group) is 1. The van der Waals surface area contributed by atoms with E-state index in [1.165, 1.54) is 19.2 Å². The first-order chi connectivity index (χ1) is 16.8. The SMILES string of the molecule is COc1cc(-c2cc(C(=O)N3CC[C@H](C(=O)N[C@@H]4CN(C)CC[C@@H]4F)CC34CC4)n[nH]2)c(F)cn1. The zero-order chi connectivity index (χ0) is 24.7. The molecule has 3 fully saturated rings. The van der Waals surface area contributed by atoms with Crippen molar-refractivity contribution in [1.82, 2.24) is 30.3 Å². The van der Waals surface area contributed by atoms with E-state index in [2.05, 4.69) is 20.5 Å². The Bertz CT molecular complexity index is 1120. The maximum Gasteiger partial charge on any atom is 0.274 e. The highest BCUT2D eigenvalue weighted by molar-refractivity contribution is 5.94. The Morgan fingerprint density at radius 1 is 1.26 bits per heavy atom. The Balaban J connectivity index is 1.26. The summed E-state index contributed by atoms with van der Waals surface area (Å²) >= 11 is 0. The second kappa shape index (κ2) is 9.18. The zero-order valence-corrected chi connectivity index (χ0v) is 19.9. The molecule has 11 heteroatoms. The van der Waals surface area contributed by atoms with Crippen molar-refractivity contribution in [3.05, 3.63) is 29.8 Å². The number of halogens is 2. The van der Waals surface area contributed by atoms with Crippen LogP contribution in [0.5, 0.6) is 5.88 Å². The number of H-pyrrole nitrogens is 1. The number of pyridine rings is 1. The average molecular weight is 489 g/mol. The van der Waals surface area contributed by atoms with E-state index in [-0.39, 0.29) is 40.4 Å². The molecule has 1 spiro atoms. The van der Waals surface area contributed by atoms with Crippen LogP contribution in [0, 0.1) is 11.7 Å². The number of methoxy groups -OCH3 is 1. The predicted octanol–water partition coefficient (Wildman–Crippen LogP) is 2.16. The summed E-state index contributed by atoms with van der Waals surface area (Å²) in [7, 11) is 3.36. The van der Waals surface area contributed by atoms with Crippen LogP contribution in [-0.4, -0.2) is 88.3 Å². The summed E-state index contributed by atoms with van der Waals surface area (Å²) in [6.07, 6.45) is 3.12. The van der Waals surface area contributed by atoms with Crippen LogP contribution in [0.4, 0.5) is 8.78 Å². The molecule has 0 unspecified atom stereocenters. The number of carbonyl (C=O) groups excluding carboxylic acids is 2. The second-order valence-electron chi connectivity index (χ2n) is 9.93. The number of carbonyl (C=O) groups is 2. The number of aromatic amines is 1. The summed E-state index contributed by atoms with van der Waals surface area (Å²) in [6, 6.07) is 2.47. The van der Waals surface area contributed by atoms with E-state index >= 15 is 0 Å². The Labute approximate surface area is 202 Å². The fourth-order valence-corrected chi connectivity index (χ4v) is 5.32. The number of rotatable bonds is 5. The van der Waals surface area contributed by atoms with Crippen molar-refractivity contribution in [1.29, 1.82) is 0 Å². The maximum atomic E-state index is 14.3. The van der Waals surface area contributed by atoms with Crippen molar-refractivity contribution >= 4 is 11.8 Å². The summed E-state index contributed by atoms with van der Waals surface area (Å²) in [4.78, 5) is 33.9. The number of piperidine rings is 2. The number of alkyl halides is 1. The number of hydrogen-bond donors (Lipinski definition) is 2. The van der Waals surface area contributed by atoms with Gasteiger partial charge in [-0.2, -0.15) is 5.10 Å². The smallest absolute Gasteiger partial charge is 0.274 e. The molecule has 188 valence electrons. The third-order valence-electron chi connectivity index (χ3n) is 7.53. The Morgan fingerprint density at radius 2 is 2.06 bits per heavy atom. The van der Waals surface area contributed by atoms with Gasteiger partial charge in [-0.1, -0.05) is 0 Å². The predicted molar refractivity (Wildman–Crippen MR) is 123 cm³/mol. The lowest BCUT2D eigenvalue weighted by Gasteiger charge is -2.40. The normalized spacial score (nSPS) is 25.9. The lowest BCUT2D eigenvalue weighted by molar-refractivity contribution is -0.129. The molecule has 35 heavy (non-hydrogen) atoms. The fourth-order valence-electron chi connectivity index (χ4n) is 5.32. The molecule has 2 amide bonds. The average Bonchev–Trinajstić information content (AvgIpc) is 3.42. The van der Waals surface area contributed by atoms with Crippen LogP contribution in [0.1, 0.15) is 42.6 Å². The molecular weight excluding hydrogens is 458 g/mol. The van der Waals surface area contributed by atoms with Gasteiger partial charge in [0.05, 0.1) is 25.0 Å². The highest BCUT2D eigenvalue weighted by atomic mass is 19.1. The van der Waals surface area contributed by atoms with E-state index in [4.69, 9.17) is 4.74 Å². The van der Waals surface area contributed by atoms with Gasteiger partial charge in [-0.3, -0.25) is 14.7 Å². The van der Waals surface area contributed by atoms with Crippen LogP contribution in [0.15, 0.2) is 18.3 Å². The van der Waals surface area contributed by atoms with Gasteiger partial charge in [0, 0.05) is 42.7 Å². The van der Waals surface area contributed by atoms with E-state index < -0.39 is 18.0 Å². The first-order valence-electron chi connectivity index (χ1n) is 12.0. The van der Waals surface area contributed by atoms with Crippen molar-refractivity contribution in [2.45, 2.75) is 49.9 Å². The van der Waals surface area contributed by atoms with E-state index in [1.807, 2.05) is 11.9 Å². The first kappa shape index (κ1) is 23.7. The Hall–Kier alpha value is -3.08. The van der Waals surface area contributed by atoms with Crippen molar-refractivity contribution < 1.29 is 23.1 Å². The van der Waals surface area contributed by atoms with Crippen molar-refractivity contribution in [2.24, 2.45) is 5.92 Å². The van der Waals surface area contributed by atoms with Gasteiger partial charge in [-0.05, 0) is 45.2 Å². The lowest BCUT2D eigenvalue weighted by Crippen LogP contribution is -2.56. The third kappa shape index (κ3) is 4.61. The maximum absolute atomic E-state index is 14.3. The summed E-state index contributed by atoms with van der Waals surface area (Å²) in [5.41, 5.74) is 0.373. The van der Waals surface area contributed by atoms with Crippen LogP contribution >= 0.6 is 0 Å². The quantitative estimate of drug-likeness (QED) is 0.669. The van der Waals surface area contributed by atoms with E-state index in [0.29, 0.717) is 44.6 Å². The van der Waals surface area contributed by atoms with Crippen LogP contribution in [0.2, 0.25) is 0 Å². The number of aromatic nitrogens is 3. The molecule has 2 N–H and O–H groups in total. The minimum atomic E-state index is -1.04. The molecule has 2 saturated heterocycles. The summed E-state index contributed by atoms with van der Waals surface area (Å²) in [5, 5.41) is 9.79. The highest BCUT2D eigenvalue weighted by Crippen LogP contribution is 2.50. The molecule has 1 saturated carbocycles. The Kier molecular flexibility index (Phi) is 6.20. The van der Waals surface area contributed by atoms with Gasteiger partial charge in [0.2, 0.25) is 11.8 Å². The molecule has 2 aromatic heterocycles. The van der Waals surface area contributed by atoms with Gasteiger partial charge in [-0.25, -0.2) is 13.8 Å². The summed E-state index contributed by atoms with van der Waals surface area (Å²) in [5.74, 6) is -0.939. The minimum Gasteiger partial charge on any atom is -0.481 e. The van der Waals surface area contributed by atoms with Crippen LogP contribution < -0.4 is 10.1 Å². The van der Waals surface area contributed by atoms with E-state index in [1.54, 1.807) is 4.90 Å². The minimum absolute atomic E-state index is 0.129. The largest absolute Gasteiger partial charge is 0.481 e. The molecule has 2 aromatic rings. The number of likely N-dealkylation sites (tertiary alicyclic amines) is 2. The van der Waals surface area contributed by atoms with Gasteiger partial charge >= 0.3 is 0 Å². The molecule has 5 rings (SSSR count). The van der Waals surface area contributed by atoms with E-state index in [9.17, 15) is 18.4 Å². The monoisotopic (exact) mass is 488 g/mol. The number of hydrogen-bond acceptors (Lipinski definition) is 6. The molecule has 9 nitrogen and oxygen atoms in total. The van der Waals surface area contributed by atoms with Gasteiger partial charge < -0.3 is 19.9 Å². The highest BCUT2D eigenvalue weighted by Gasteiger charge is 2.55. The second-order valence-corrected chi connectivity index (χ2v) is 9.93. The molecule has 1 aliphatic carbocycles. The van der Waals surface area contributed by atoms with Gasteiger partial charge in [0.15, 0.2) is 11.5 Å². The fraction of sp³-hybridized carbons (Fsp3) is 0.583. The van der Waals surface area contributed by atoms with E-state index in [0.717, 1.165) is 19.0 Å².